The van der Waals surface area contributed by atoms with Gasteiger partial charge in [0, 0.05) is 10.9 Å². The summed E-state index contributed by atoms with van der Waals surface area (Å²) in [6.07, 6.45) is -4.45. The van der Waals surface area contributed by atoms with E-state index in [0.717, 1.165) is 16.7 Å². The average Bonchev–Trinajstić information content (AvgIpc) is 2.87. The van der Waals surface area contributed by atoms with Crippen molar-refractivity contribution in [1.82, 2.24) is 4.98 Å². The molecule has 2 rings (SSSR count). The van der Waals surface area contributed by atoms with Crippen molar-refractivity contribution in [2.24, 2.45) is 0 Å². The van der Waals surface area contributed by atoms with Crippen LogP contribution in [-0.4, -0.2) is 16.1 Å². The minimum absolute atomic E-state index is 0.256. The van der Waals surface area contributed by atoms with Crippen LogP contribution in [0.1, 0.15) is 24.1 Å². The van der Waals surface area contributed by atoms with E-state index in [1.54, 1.807) is 31.2 Å². The van der Waals surface area contributed by atoms with Gasteiger partial charge in [0.1, 0.15) is 5.01 Å². The molecule has 0 fully saturated rings. The molecule has 0 aliphatic rings. The topological polar surface area (TPSA) is 50.2 Å². The Hall–Kier alpha value is -1.89. The van der Waals surface area contributed by atoms with E-state index in [4.69, 9.17) is 5.11 Å². The van der Waals surface area contributed by atoms with Gasteiger partial charge >= 0.3 is 12.1 Å². The van der Waals surface area contributed by atoms with Crippen LogP contribution in [0.4, 0.5) is 13.2 Å². The molecule has 0 saturated heterocycles. The number of benzene rings is 1. The van der Waals surface area contributed by atoms with E-state index in [1.807, 2.05) is 0 Å². The molecule has 20 heavy (non-hydrogen) atoms. The highest BCUT2D eigenvalue weighted by atomic mass is 32.1. The fourth-order valence-corrected chi connectivity index (χ4v) is 2.43. The first-order valence-corrected chi connectivity index (χ1v) is 6.53. The smallest absolute Gasteiger partial charge is 0.434 e. The van der Waals surface area contributed by atoms with Crippen molar-refractivity contribution < 1.29 is 23.1 Å². The van der Waals surface area contributed by atoms with E-state index in [9.17, 15) is 18.0 Å². The number of carbonyl (C=O) groups is 1. The molecule has 3 nitrogen and oxygen atoms in total. The number of carboxylic acid groups (broad SMARTS) is 1. The summed E-state index contributed by atoms with van der Waals surface area (Å²) >= 11 is 0.903. The number of halogens is 3. The fourth-order valence-electron chi connectivity index (χ4n) is 1.59. The highest BCUT2D eigenvalue weighted by Gasteiger charge is 2.33. The number of aliphatic carboxylic acids is 1. The summed E-state index contributed by atoms with van der Waals surface area (Å²) in [4.78, 5) is 14.4. The lowest BCUT2D eigenvalue weighted by molar-refractivity contribution is -0.141. The lowest BCUT2D eigenvalue weighted by Gasteiger charge is -2.06. The predicted octanol–water partition coefficient (Wildman–Crippen LogP) is 4.02. The van der Waals surface area contributed by atoms with Gasteiger partial charge in [-0.1, -0.05) is 24.3 Å². The molecular formula is C13H10F3NO2S. The second-order valence-electron chi connectivity index (χ2n) is 4.22. The third kappa shape index (κ3) is 2.98. The van der Waals surface area contributed by atoms with Crippen LogP contribution in [0, 0.1) is 0 Å². The summed E-state index contributed by atoms with van der Waals surface area (Å²) in [5, 5.41) is 10.1. The average molecular weight is 301 g/mol. The molecule has 0 aliphatic heterocycles. The molecule has 1 heterocycles. The van der Waals surface area contributed by atoms with Crippen LogP contribution >= 0.6 is 11.3 Å². The molecule has 0 radical (unpaired) electrons. The molecule has 0 bridgehead atoms. The predicted molar refractivity (Wildman–Crippen MR) is 68.6 cm³/mol. The molecule has 0 saturated carbocycles. The third-order valence-corrected chi connectivity index (χ3v) is 3.71. The molecule has 0 spiro atoms. The molecule has 0 aliphatic carbocycles. The molecular weight excluding hydrogens is 291 g/mol. The van der Waals surface area contributed by atoms with Crippen molar-refractivity contribution in [2.75, 3.05) is 0 Å². The Kier molecular flexibility index (Phi) is 3.80. The van der Waals surface area contributed by atoms with Gasteiger partial charge in [-0.3, -0.25) is 4.79 Å². The maximum absolute atomic E-state index is 12.5. The molecule has 106 valence electrons. The Labute approximate surface area is 116 Å². The van der Waals surface area contributed by atoms with Gasteiger partial charge in [-0.25, -0.2) is 4.98 Å². The van der Waals surface area contributed by atoms with E-state index >= 15 is 0 Å². The van der Waals surface area contributed by atoms with Crippen molar-refractivity contribution in [3.63, 3.8) is 0 Å². The number of rotatable bonds is 3. The lowest BCUT2D eigenvalue weighted by atomic mass is 10.0. The van der Waals surface area contributed by atoms with E-state index in [1.165, 1.54) is 0 Å². The quantitative estimate of drug-likeness (QED) is 0.931. The van der Waals surface area contributed by atoms with Crippen LogP contribution in [-0.2, 0) is 11.0 Å². The molecule has 1 aromatic carbocycles. The second-order valence-corrected chi connectivity index (χ2v) is 5.08. The molecule has 1 aromatic heterocycles. The molecule has 1 atom stereocenters. The fraction of sp³-hybridized carbons (Fsp3) is 0.231. The van der Waals surface area contributed by atoms with Gasteiger partial charge in [-0.15, -0.1) is 11.3 Å². The summed E-state index contributed by atoms with van der Waals surface area (Å²) in [5.74, 6) is -1.61. The largest absolute Gasteiger partial charge is 0.481 e. The summed E-state index contributed by atoms with van der Waals surface area (Å²) in [6, 6.07) is 6.33. The molecule has 0 amide bonds. The normalized spacial score (nSPS) is 13.2. The lowest BCUT2D eigenvalue weighted by Crippen LogP contribution is -2.07. The van der Waals surface area contributed by atoms with Crippen molar-refractivity contribution in [2.45, 2.75) is 19.0 Å². The van der Waals surface area contributed by atoms with Crippen molar-refractivity contribution in [1.29, 1.82) is 0 Å². The zero-order valence-electron chi connectivity index (χ0n) is 10.3. The number of thiazole rings is 1. The van der Waals surface area contributed by atoms with Crippen LogP contribution < -0.4 is 0 Å². The van der Waals surface area contributed by atoms with E-state index in [0.29, 0.717) is 11.1 Å². The van der Waals surface area contributed by atoms with Gasteiger partial charge in [-0.2, -0.15) is 13.2 Å². The third-order valence-electron chi connectivity index (χ3n) is 2.82. The number of nitrogens with zero attached hydrogens (tertiary/aromatic N) is 1. The molecule has 1 unspecified atom stereocenters. The van der Waals surface area contributed by atoms with Gasteiger partial charge in [0.25, 0.3) is 0 Å². The first kappa shape index (κ1) is 14.5. The Balaban J connectivity index is 2.26. The van der Waals surface area contributed by atoms with Crippen LogP contribution in [0.15, 0.2) is 29.6 Å². The number of carboxylic acids is 1. The summed E-state index contributed by atoms with van der Waals surface area (Å²) in [5.41, 5.74) is 0.209. The first-order valence-electron chi connectivity index (χ1n) is 5.65. The van der Waals surface area contributed by atoms with Crippen molar-refractivity contribution >= 4 is 17.3 Å². The number of aromatic nitrogens is 1. The van der Waals surface area contributed by atoms with E-state index < -0.39 is 23.8 Å². The minimum Gasteiger partial charge on any atom is -0.481 e. The summed E-state index contributed by atoms with van der Waals surface area (Å²) < 4.78 is 37.4. The van der Waals surface area contributed by atoms with Gasteiger partial charge in [0.15, 0.2) is 5.69 Å². The molecule has 2 aromatic rings. The van der Waals surface area contributed by atoms with Gasteiger partial charge in [0.05, 0.1) is 5.92 Å². The highest BCUT2D eigenvalue weighted by Crippen LogP contribution is 2.33. The van der Waals surface area contributed by atoms with Crippen molar-refractivity contribution in [3.05, 3.63) is 40.9 Å². The summed E-state index contributed by atoms with van der Waals surface area (Å²) in [7, 11) is 0. The molecule has 7 heteroatoms. The maximum Gasteiger partial charge on any atom is 0.434 e. The van der Waals surface area contributed by atoms with E-state index in [2.05, 4.69) is 4.98 Å². The Morgan fingerprint density at radius 3 is 2.35 bits per heavy atom. The Morgan fingerprint density at radius 2 is 1.90 bits per heavy atom. The zero-order chi connectivity index (χ0) is 14.9. The van der Waals surface area contributed by atoms with Crippen LogP contribution in [0.3, 0.4) is 0 Å². The minimum atomic E-state index is -4.45. The maximum atomic E-state index is 12.5. The number of hydrogen-bond donors (Lipinski definition) is 1. The SMILES string of the molecule is CC(C(=O)O)c1ccc(-c2nc(C(F)(F)F)cs2)cc1. The zero-order valence-corrected chi connectivity index (χ0v) is 11.1. The molecule has 1 N–H and O–H groups in total. The Morgan fingerprint density at radius 1 is 1.30 bits per heavy atom. The van der Waals surface area contributed by atoms with E-state index in [-0.39, 0.29) is 5.01 Å². The first-order chi connectivity index (χ1) is 9.29. The van der Waals surface area contributed by atoms with Crippen LogP contribution in [0.25, 0.3) is 10.6 Å². The van der Waals surface area contributed by atoms with Gasteiger partial charge in [-0.05, 0) is 12.5 Å². The van der Waals surface area contributed by atoms with Crippen molar-refractivity contribution in [3.8, 4) is 10.6 Å². The number of hydrogen-bond acceptors (Lipinski definition) is 3. The summed E-state index contributed by atoms with van der Waals surface area (Å²) in [6.45, 7) is 1.54. The standard InChI is InChI=1S/C13H10F3NO2S/c1-7(12(18)19)8-2-4-9(5-3-8)11-17-10(6-20-11)13(14,15)16/h2-7H,1H3,(H,18,19). The van der Waals surface area contributed by atoms with Gasteiger partial charge in [0.2, 0.25) is 0 Å². The van der Waals surface area contributed by atoms with Crippen LogP contribution in [0.5, 0.6) is 0 Å². The second kappa shape index (κ2) is 5.24. The van der Waals surface area contributed by atoms with Crippen LogP contribution in [0.2, 0.25) is 0 Å². The monoisotopic (exact) mass is 301 g/mol. The Bertz CT molecular complexity index is 619. The highest BCUT2D eigenvalue weighted by molar-refractivity contribution is 7.13. The van der Waals surface area contributed by atoms with Gasteiger partial charge < -0.3 is 5.11 Å². The number of alkyl halides is 3.